The maximum absolute atomic E-state index is 12.7. The lowest BCUT2D eigenvalue weighted by molar-refractivity contribution is -0.125. The number of benzene rings is 2. The number of carbonyl (C=O) groups excluding carboxylic acids is 2. The summed E-state index contributed by atoms with van der Waals surface area (Å²) in [5, 5.41) is 5.65. The predicted molar refractivity (Wildman–Crippen MR) is 122 cm³/mol. The summed E-state index contributed by atoms with van der Waals surface area (Å²) in [6, 6.07) is 14.2. The summed E-state index contributed by atoms with van der Waals surface area (Å²) in [5.74, 6) is 1.48. The highest BCUT2D eigenvalue weighted by Crippen LogP contribution is 2.21. The van der Waals surface area contributed by atoms with Crippen molar-refractivity contribution in [3.05, 3.63) is 48.5 Å². The SMILES string of the molecule is COc1ccc(NC(=O)[C@@H]2CC(=O)NC(N3CCN(c4ccc(OC)cc4)CC3)=N2)cc1. The number of amides is 2. The smallest absolute Gasteiger partial charge is 0.249 e. The van der Waals surface area contributed by atoms with Crippen LogP contribution in [0.1, 0.15) is 6.42 Å². The molecular formula is C23H27N5O4. The summed E-state index contributed by atoms with van der Waals surface area (Å²) in [6.07, 6.45) is 0.0251. The first-order chi connectivity index (χ1) is 15.6. The fourth-order valence-electron chi connectivity index (χ4n) is 3.76. The van der Waals surface area contributed by atoms with Gasteiger partial charge < -0.3 is 24.6 Å². The van der Waals surface area contributed by atoms with Crippen LogP contribution in [0.25, 0.3) is 0 Å². The number of anilines is 2. The normalized spacial score (nSPS) is 18.5. The van der Waals surface area contributed by atoms with Crippen LogP contribution in [0.5, 0.6) is 11.5 Å². The van der Waals surface area contributed by atoms with Crippen molar-refractivity contribution in [1.82, 2.24) is 10.2 Å². The molecule has 168 valence electrons. The standard InChI is InChI=1S/C23H27N5O4/c1-31-18-7-3-16(4-8-18)24-22(30)20-15-21(29)26-23(25-20)28-13-11-27(12-14-28)17-5-9-19(32-2)10-6-17/h3-10,20H,11-15H2,1-2H3,(H,24,30)(H,25,26,29)/t20-/m0/s1. The first-order valence-electron chi connectivity index (χ1n) is 10.5. The zero-order valence-electron chi connectivity index (χ0n) is 18.2. The van der Waals surface area contributed by atoms with Crippen LogP contribution >= 0.6 is 0 Å². The van der Waals surface area contributed by atoms with Gasteiger partial charge in [0.2, 0.25) is 17.8 Å². The van der Waals surface area contributed by atoms with Crippen molar-refractivity contribution in [3.8, 4) is 11.5 Å². The van der Waals surface area contributed by atoms with E-state index in [1.807, 2.05) is 29.2 Å². The predicted octanol–water partition coefficient (Wildman–Crippen LogP) is 1.71. The molecule has 2 aromatic rings. The van der Waals surface area contributed by atoms with Gasteiger partial charge in [-0.05, 0) is 48.5 Å². The van der Waals surface area contributed by atoms with Crippen molar-refractivity contribution in [2.45, 2.75) is 12.5 Å². The third kappa shape index (κ3) is 4.93. The number of hydrogen-bond acceptors (Lipinski definition) is 7. The van der Waals surface area contributed by atoms with Crippen LogP contribution in [0.15, 0.2) is 53.5 Å². The van der Waals surface area contributed by atoms with Gasteiger partial charge in [-0.15, -0.1) is 0 Å². The van der Waals surface area contributed by atoms with Crippen molar-refractivity contribution >= 4 is 29.1 Å². The maximum atomic E-state index is 12.7. The van der Waals surface area contributed by atoms with Gasteiger partial charge in [-0.1, -0.05) is 0 Å². The largest absolute Gasteiger partial charge is 0.497 e. The van der Waals surface area contributed by atoms with Gasteiger partial charge in [0.15, 0.2) is 0 Å². The Morgan fingerprint density at radius 1 is 0.938 bits per heavy atom. The van der Waals surface area contributed by atoms with E-state index in [1.54, 1.807) is 38.5 Å². The summed E-state index contributed by atoms with van der Waals surface area (Å²) >= 11 is 0. The second-order valence-electron chi connectivity index (χ2n) is 7.61. The van der Waals surface area contributed by atoms with Gasteiger partial charge in [-0.25, -0.2) is 4.99 Å². The van der Waals surface area contributed by atoms with Crippen molar-refractivity contribution < 1.29 is 19.1 Å². The minimum Gasteiger partial charge on any atom is -0.497 e. The molecule has 2 aliphatic rings. The van der Waals surface area contributed by atoms with Crippen LogP contribution in [-0.2, 0) is 9.59 Å². The number of carbonyl (C=O) groups is 2. The highest BCUT2D eigenvalue weighted by Gasteiger charge is 2.30. The Bertz CT molecular complexity index is 982. The summed E-state index contributed by atoms with van der Waals surface area (Å²) in [5.41, 5.74) is 1.75. The molecule has 0 spiro atoms. The third-order valence-electron chi connectivity index (χ3n) is 5.59. The molecule has 2 aliphatic heterocycles. The average molecular weight is 438 g/mol. The molecule has 0 unspecified atom stereocenters. The number of nitrogens with zero attached hydrogens (tertiary/aromatic N) is 3. The van der Waals surface area contributed by atoms with Crippen molar-refractivity contribution in [2.75, 3.05) is 50.6 Å². The van der Waals surface area contributed by atoms with Gasteiger partial charge in [0.05, 0.1) is 20.6 Å². The molecule has 9 heteroatoms. The molecule has 4 rings (SSSR count). The lowest BCUT2D eigenvalue weighted by Gasteiger charge is -2.38. The Kier molecular flexibility index (Phi) is 6.44. The number of ether oxygens (including phenoxy) is 2. The summed E-state index contributed by atoms with van der Waals surface area (Å²) in [6.45, 7) is 2.95. The number of nitrogens with one attached hydrogen (secondary N) is 2. The van der Waals surface area contributed by atoms with Crippen molar-refractivity contribution in [1.29, 1.82) is 0 Å². The van der Waals surface area contributed by atoms with E-state index >= 15 is 0 Å². The van der Waals surface area contributed by atoms with Crippen LogP contribution in [0.3, 0.4) is 0 Å². The summed E-state index contributed by atoms with van der Waals surface area (Å²) < 4.78 is 10.3. The molecular weight excluding hydrogens is 410 g/mol. The van der Waals surface area contributed by atoms with E-state index < -0.39 is 6.04 Å². The minimum atomic E-state index is -0.763. The molecule has 0 saturated carbocycles. The molecule has 1 fully saturated rings. The number of aliphatic imine (C=N–C) groups is 1. The van der Waals surface area contributed by atoms with E-state index in [0.717, 1.165) is 24.5 Å². The van der Waals surface area contributed by atoms with Crippen LogP contribution in [0.2, 0.25) is 0 Å². The first kappa shape index (κ1) is 21.5. The Labute approximate surface area is 187 Å². The summed E-state index contributed by atoms with van der Waals surface area (Å²) in [4.78, 5) is 33.8. The minimum absolute atomic E-state index is 0.0251. The topological polar surface area (TPSA) is 95.5 Å². The Morgan fingerprint density at radius 3 is 2.09 bits per heavy atom. The van der Waals surface area contributed by atoms with Crippen LogP contribution in [0.4, 0.5) is 11.4 Å². The number of methoxy groups -OCH3 is 2. The molecule has 1 atom stereocenters. The van der Waals surface area contributed by atoms with Gasteiger partial charge in [-0.2, -0.15) is 0 Å². The van der Waals surface area contributed by atoms with Gasteiger partial charge in [0.25, 0.3) is 0 Å². The van der Waals surface area contributed by atoms with E-state index in [2.05, 4.69) is 20.5 Å². The number of hydrogen-bond donors (Lipinski definition) is 2. The monoisotopic (exact) mass is 437 g/mol. The molecule has 0 aromatic heterocycles. The molecule has 1 saturated heterocycles. The fraction of sp³-hybridized carbons (Fsp3) is 0.348. The highest BCUT2D eigenvalue weighted by molar-refractivity contribution is 6.06. The molecule has 0 aliphatic carbocycles. The molecule has 2 aromatic carbocycles. The fourth-order valence-corrected chi connectivity index (χ4v) is 3.76. The number of piperazine rings is 1. The average Bonchev–Trinajstić information content (AvgIpc) is 2.84. The lowest BCUT2D eigenvalue weighted by atomic mass is 10.1. The van der Waals surface area contributed by atoms with Crippen molar-refractivity contribution in [3.63, 3.8) is 0 Å². The Balaban J connectivity index is 1.38. The molecule has 0 radical (unpaired) electrons. The van der Waals surface area contributed by atoms with Gasteiger partial charge in [0, 0.05) is 37.6 Å². The molecule has 2 N–H and O–H groups in total. The Hall–Kier alpha value is -3.75. The molecule has 2 heterocycles. The zero-order valence-corrected chi connectivity index (χ0v) is 18.2. The number of guanidine groups is 1. The van der Waals surface area contributed by atoms with Crippen LogP contribution in [0, 0.1) is 0 Å². The molecule has 0 bridgehead atoms. The number of rotatable bonds is 5. The van der Waals surface area contributed by atoms with Gasteiger partial charge >= 0.3 is 0 Å². The zero-order chi connectivity index (χ0) is 22.5. The second-order valence-corrected chi connectivity index (χ2v) is 7.61. The van der Waals surface area contributed by atoms with E-state index in [4.69, 9.17) is 9.47 Å². The van der Waals surface area contributed by atoms with E-state index in [-0.39, 0.29) is 18.2 Å². The lowest BCUT2D eigenvalue weighted by Crippen LogP contribution is -2.56. The van der Waals surface area contributed by atoms with E-state index in [9.17, 15) is 9.59 Å². The van der Waals surface area contributed by atoms with Crippen LogP contribution < -0.4 is 25.0 Å². The molecule has 9 nitrogen and oxygen atoms in total. The van der Waals surface area contributed by atoms with Crippen molar-refractivity contribution in [2.24, 2.45) is 4.99 Å². The molecule has 32 heavy (non-hydrogen) atoms. The summed E-state index contributed by atoms with van der Waals surface area (Å²) in [7, 11) is 3.23. The van der Waals surface area contributed by atoms with Gasteiger partial charge in [0.1, 0.15) is 17.5 Å². The molecule has 2 amide bonds. The van der Waals surface area contributed by atoms with E-state index in [0.29, 0.717) is 30.5 Å². The third-order valence-corrected chi connectivity index (χ3v) is 5.59. The highest BCUT2D eigenvalue weighted by atomic mass is 16.5. The maximum Gasteiger partial charge on any atom is 0.249 e. The quantitative estimate of drug-likeness (QED) is 0.740. The van der Waals surface area contributed by atoms with Gasteiger partial charge in [-0.3, -0.25) is 14.9 Å². The first-order valence-corrected chi connectivity index (χ1v) is 10.5. The Morgan fingerprint density at radius 2 is 1.50 bits per heavy atom. The van der Waals surface area contributed by atoms with Crippen LogP contribution in [-0.4, -0.2) is 69.1 Å². The van der Waals surface area contributed by atoms with E-state index in [1.165, 1.54) is 0 Å². The second kappa shape index (κ2) is 9.59.